The summed E-state index contributed by atoms with van der Waals surface area (Å²) in [4.78, 5) is -0.987. The van der Waals surface area contributed by atoms with Crippen LogP contribution in [0.4, 0.5) is 0 Å². The van der Waals surface area contributed by atoms with Crippen LogP contribution in [0.15, 0.2) is 48.6 Å². The maximum atomic E-state index is 11.0. The Labute approximate surface area is 115 Å². The molecule has 2 rings (SSSR count). The molecule has 18 heavy (non-hydrogen) atoms. The third-order valence-electron chi connectivity index (χ3n) is 2.69. The number of hydrogen-bond donors (Lipinski definition) is 1. The fourth-order valence-electron chi connectivity index (χ4n) is 1.74. The molecule has 0 bridgehead atoms. The number of hydrogen-bond acceptors (Lipinski definition) is 2. The van der Waals surface area contributed by atoms with Crippen LogP contribution in [-0.4, -0.2) is 18.2 Å². The van der Waals surface area contributed by atoms with Crippen molar-refractivity contribution in [2.24, 2.45) is 0 Å². The highest BCUT2D eigenvalue weighted by Gasteiger charge is 2.31. The number of benzene rings is 1. The second-order valence-corrected chi connectivity index (χ2v) is 6.55. The van der Waals surface area contributed by atoms with E-state index in [4.69, 9.17) is 27.8 Å². The van der Waals surface area contributed by atoms with E-state index in [1.165, 1.54) is 24.3 Å². The first-order chi connectivity index (χ1) is 8.33. The second-order valence-electron chi connectivity index (χ2n) is 3.95. The highest BCUT2D eigenvalue weighted by atomic mass is 35.5. The first-order valence-corrected chi connectivity index (χ1v) is 7.38. The summed E-state index contributed by atoms with van der Waals surface area (Å²) in [5, 5.41) is -0.570. The van der Waals surface area contributed by atoms with E-state index in [0.717, 1.165) is 0 Å². The molecule has 1 aliphatic rings. The predicted molar refractivity (Wildman–Crippen MR) is 72.6 cm³/mol. The Bertz CT molecular complexity index is 606. The second kappa shape index (κ2) is 4.70. The summed E-state index contributed by atoms with van der Waals surface area (Å²) in [5.41, 5.74) is 0.662. The predicted octanol–water partition coefficient (Wildman–Crippen LogP) is 3.16. The monoisotopic (exact) mass is 304 g/mol. The minimum atomic E-state index is -4.13. The van der Waals surface area contributed by atoms with Gasteiger partial charge in [-0.25, -0.2) is 0 Å². The van der Waals surface area contributed by atoms with Crippen LogP contribution in [0.1, 0.15) is 5.56 Å². The molecule has 0 fully saturated rings. The zero-order chi connectivity index (χ0) is 13.4. The zero-order valence-electron chi connectivity index (χ0n) is 9.12. The molecule has 0 aliphatic heterocycles. The average molecular weight is 305 g/mol. The summed E-state index contributed by atoms with van der Waals surface area (Å²) in [5.74, 6) is 0. The van der Waals surface area contributed by atoms with Crippen molar-refractivity contribution in [2.75, 3.05) is 0 Å². The van der Waals surface area contributed by atoms with Crippen molar-refractivity contribution in [1.29, 1.82) is 0 Å². The van der Waals surface area contributed by atoms with Crippen molar-refractivity contribution >= 4 is 33.3 Å². The van der Waals surface area contributed by atoms with E-state index < -0.39 is 20.2 Å². The lowest BCUT2D eigenvalue weighted by atomic mass is 9.93. The lowest BCUT2D eigenvalue weighted by Crippen LogP contribution is -2.23. The van der Waals surface area contributed by atoms with Crippen LogP contribution < -0.4 is 0 Å². The van der Waals surface area contributed by atoms with E-state index in [2.05, 4.69) is 0 Å². The molecule has 0 aromatic heterocycles. The SMILES string of the molecule is O=S(=O)(O)C1C=CC(Cl)(c2ccccc2Cl)C=C1. The molecular weight excluding hydrogens is 295 g/mol. The van der Waals surface area contributed by atoms with Gasteiger partial charge < -0.3 is 0 Å². The van der Waals surface area contributed by atoms with Crippen LogP contribution in [0.2, 0.25) is 5.02 Å². The van der Waals surface area contributed by atoms with Crippen LogP contribution >= 0.6 is 23.2 Å². The third kappa shape index (κ3) is 2.62. The Hall–Kier alpha value is -0.810. The summed E-state index contributed by atoms with van der Waals surface area (Å²) >= 11 is 12.4. The molecule has 1 aromatic rings. The lowest BCUT2D eigenvalue weighted by Gasteiger charge is -2.25. The topological polar surface area (TPSA) is 54.4 Å². The Morgan fingerprint density at radius 3 is 2.22 bits per heavy atom. The molecule has 0 radical (unpaired) electrons. The van der Waals surface area contributed by atoms with Crippen LogP contribution in [-0.2, 0) is 15.0 Å². The Balaban J connectivity index is 2.39. The van der Waals surface area contributed by atoms with Crippen molar-refractivity contribution in [1.82, 2.24) is 0 Å². The van der Waals surface area contributed by atoms with E-state index in [1.54, 1.807) is 24.3 Å². The standard InChI is InChI=1S/C12H10Cl2O3S/c13-11-4-2-1-3-10(11)12(14)7-5-9(6-8-12)18(15,16)17/h1-9H,(H,15,16,17). The lowest BCUT2D eigenvalue weighted by molar-refractivity contribution is 0.480. The van der Waals surface area contributed by atoms with Gasteiger partial charge in [0.25, 0.3) is 10.1 Å². The van der Waals surface area contributed by atoms with Gasteiger partial charge in [0.05, 0.1) is 0 Å². The van der Waals surface area contributed by atoms with Gasteiger partial charge in [-0.2, -0.15) is 8.42 Å². The summed E-state index contributed by atoms with van der Waals surface area (Å²) in [6.45, 7) is 0. The van der Waals surface area contributed by atoms with Crippen LogP contribution in [0.25, 0.3) is 0 Å². The molecule has 1 aliphatic carbocycles. The quantitative estimate of drug-likeness (QED) is 0.519. The molecule has 0 saturated carbocycles. The highest BCUT2D eigenvalue weighted by Crippen LogP contribution is 2.39. The van der Waals surface area contributed by atoms with Gasteiger partial charge in [0.1, 0.15) is 10.1 Å². The number of allylic oxidation sites excluding steroid dienone is 2. The summed E-state index contributed by atoms with van der Waals surface area (Å²) in [6, 6.07) is 7.04. The first-order valence-electron chi connectivity index (χ1n) is 5.12. The van der Waals surface area contributed by atoms with E-state index in [1.807, 2.05) is 0 Å². The van der Waals surface area contributed by atoms with Gasteiger partial charge in [-0.15, -0.1) is 11.6 Å². The molecule has 1 N–H and O–H groups in total. The molecule has 0 atom stereocenters. The maximum Gasteiger partial charge on any atom is 0.275 e. The molecule has 1 aromatic carbocycles. The highest BCUT2D eigenvalue weighted by molar-refractivity contribution is 7.86. The van der Waals surface area contributed by atoms with Crippen LogP contribution in [0.3, 0.4) is 0 Å². The molecule has 3 nitrogen and oxygen atoms in total. The number of rotatable bonds is 2. The van der Waals surface area contributed by atoms with Gasteiger partial charge in [-0.3, -0.25) is 4.55 Å². The number of halogens is 2. The fourth-order valence-corrected chi connectivity index (χ4v) is 2.94. The largest absolute Gasteiger partial charge is 0.285 e. The van der Waals surface area contributed by atoms with Crippen molar-refractivity contribution in [3.05, 3.63) is 59.2 Å². The van der Waals surface area contributed by atoms with Crippen molar-refractivity contribution in [2.45, 2.75) is 10.1 Å². The van der Waals surface area contributed by atoms with Gasteiger partial charge in [0.2, 0.25) is 0 Å². The molecule has 96 valence electrons. The molecule has 0 spiro atoms. The van der Waals surface area contributed by atoms with Crippen molar-refractivity contribution in [3.8, 4) is 0 Å². The molecule has 6 heteroatoms. The summed E-state index contributed by atoms with van der Waals surface area (Å²) in [6.07, 6.45) is 5.69. The van der Waals surface area contributed by atoms with Crippen molar-refractivity contribution < 1.29 is 13.0 Å². The number of alkyl halides is 1. The van der Waals surface area contributed by atoms with Crippen molar-refractivity contribution in [3.63, 3.8) is 0 Å². The van der Waals surface area contributed by atoms with Gasteiger partial charge in [-0.1, -0.05) is 54.1 Å². The minimum absolute atomic E-state index is 0.493. The van der Waals surface area contributed by atoms with E-state index >= 15 is 0 Å². The average Bonchev–Trinajstić information content (AvgIpc) is 2.28. The molecule has 0 amide bonds. The summed E-state index contributed by atoms with van der Waals surface area (Å²) < 4.78 is 30.9. The zero-order valence-corrected chi connectivity index (χ0v) is 11.5. The van der Waals surface area contributed by atoms with E-state index in [9.17, 15) is 8.42 Å². The molecule has 0 unspecified atom stereocenters. The minimum Gasteiger partial charge on any atom is -0.285 e. The van der Waals surface area contributed by atoms with Gasteiger partial charge in [0, 0.05) is 5.02 Å². The maximum absolute atomic E-state index is 11.0. The van der Waals surface area contributed by atoms with Crippen LogP contribution in [0.5, 0.6) is 0 Å². The molecule has 0 heterocycles. The first kappa shape index (κ1) is 13.6. The van der Waals surface area contributed by atoms with Crippen LogP contribution in [0, 0.1) is 0 Å². The van der Waals surface area contributed by atoms with Gasteiger partial charge in [-0.05, 0) is 11.6 Å². The fraction of sp³-hybridized carbons (Fsp3) is 0.167. The Kier molecular flexibility index (Phi) is 3.56. The summed E-state index contributed by atoms with van der Waals surface area (Å²) in [7, 11) is -4.13. The normalized spacial score (nSPS) is 27.4. The smallest absolute Gasteiger partial charge is 0.275 e. The Morgan fingerprint density at radius 2 is 1.72 bits per heavy atom. The Morgan fingerprint density at radius 1 is 1.17 bits per heavy atom. The molecule has 0 saturated heterocycles. The van der Waals surface area contributed by atoms with E-state index in [0.29, 0.717) is 10.6 Å². The van der Waals surface area contributed by atoms with Gasteiger partial charge in [0.15, 0.2) is 0 Å². The van der Waals surface area contributed by atoms with E-state index in [-0.39, 0.29) is 0 Å². The van der Waals surface area contributed by atoms with Gasteiger partial charge >= 0.3 is 0 Å². The third-order valence-corrected chi connectivity index (χ3v) is 4.47. The molecular formula is C12H10Cl2O3S.